The maximum atomic E-state index is 6.22. The highest BCUT2D eigenvalue weighted by Gasteiger charge is 2.44. The molecule has 1 saturated carbocycles. The van der Waals surface area contributed by atoms with Crippen LogP contribution >= 0.6 is 0 Å². The maximum absolute atomic E-state index is 6.22. The molecule has 3 fully saturated rings. The number of hydrogen-bond acceptors (Lipinski definition) is 5. The Balaban J connectivity index is 1.52. The highest BCUT2D eigenvalue weighted by molar-refractivity contribution is 4.88. The van der Waals surface area contributed by atoms with Gasteiger partial charge >= 0.3 is 0 Å². The van der Waals surface area contributed by atoms with Crippen molar-refractivity contribution >= 4 is 0 Å². The second-order valence-electron chi connectivity index (χ2n) is 6.44. The van der Waals surface area contributed by atoms with Crippen LogP contribution in [0.25, 0.3) is 0 Å². The largest absolute Gasteiger partial charge is 0.381 e. The van der Waals surface area contributed by atoms with E-state index in [4.69, 9.17) is 19.9 Å². The van der Waals surface area contributed by atoms with E-state index in [1.54, 1.807) is 7.11 Å². The van der Waals surface area contributed by atoms with Crippen LogP contribution in [-0.2, 0) is 14.2 Å². The summed E-state index contributed by atoms with van der Waals surface area (Å²) in [7, 11) is 1.80. The first-order valence-electron chi connectivity index (χ1n) is 8.03. The summed E-state index contributed by atoms with van der Waals surface area (Å²) < 4.78 is 17.7. The Morgan fingerprint density at radius 2 is 2.15 bits per heavy atom. The van der Waals surface area contributed by atoms with Crippen molar-refractivity contribution in [1.29, 1.82) is 0 Å². The Morgan fingerprint density at radius 3 is 2.85 bits per heavy atom. The highest BCUT2D eigenvalue weighted by Crippen LogP contribution is 2.39. The lowest BCUT2D eigenvalue weighted by Crippen LogP contribution is -2.51. The average molecular weight is 284 g/mol. The molecule has 0 aromatic heterocycles. The normalized spacial score (nSPS) is 37.8. The van der Waals surface area contributed by atoms with Crippen LogP contribution in [0.3, 0.4) is 0 Å². The fourth-order valence-corrected chi connectivity index (χ4v) is 3.91. The molecular weight excluding hydrogens is 256 g/mol. The van der Waals surface area contributed by atoms with Gasteiger partial charge in [-0.25, -0.2) is 0 Å². The molecule has 3 unspecified atom stereocenters. The molecule has 0 bridgehead atoms. The Hall–Kier alpha value is -0.200. The summed E-state index contributed by atoms with van der Waals surface area (Å²) in [4.78, 5) is 2.47. The number of nitrogens with two attached hydrogens (primary N) is 1. The molecule has 0 radical (unpaired) electrons. The molecule has 3 atom stereocenters. The van der Waals surface area contributed by atoms with Crippen molar-refractivity contribution in [3.63, 3.8) is 0 Å². The molecule has 1 aliphatic carbocycles. The van der Waals surface area contributed by atoms with E-state index in [2.05, 4.69) is 4.90 Å². The van der Waals surface area contributed by atoms with Crippen LogP contribution in [0.2, 0.25) is 0 Å². The van der Waals surface area contributed by atoms with E-state index in [1.807, 2.05) is 0 Å². The molecule has 2 N–H and O–H groups in total. The Bertz CT molecular complexity index is 320. The molecule has 3 rings (SSSR count). The smallest absolute Gasteiger partial charge is 0.168 e. The lowest BCUT2D eigenvalue weighted by Gasteiger charge is -2.39. The number of piperidine rings is 1. The Morgan fingerprint density at radius 1 is 1.35 bits per heavy atom. The summed E-state index contributed by atoms with van der Waals surface area (Å²) in [6.07, 6.45) is 7.29. The van der Waals surface area contributed by atoms with Crippen molar-refractivity contribution in [2.24, 2.45) is 5.73 Å². The van der Waals surface area contributed by atoms with E-state index < -0.39 is 0 Å². The van der Waals surface area contributed by atoms with E-state index in [1.165, 1.54) is 12.8 Å². The van der Waals surface area contributed by atoms with E-state index >= 15 is 0 Å². The van der Waals surface area contributed by atoms with Crippen LogP contribution in [0.1, 0.15) is 38.5 Å². The molecule has 1 spiro atoms. The molecule has 2 heterocycles. The van der Waals surface area contributed by atoms with Gasteiger partial charge in [-0.2, -0.15) is 0 Å². The fraction of sp³-hybridized carbons (Fsp3) is 1.00. The lowest BCUT2D eigenvalue weighted by atomic mass is 9.99. The molecule has 116 valence electrons. The average Bonchev–Trinajstić information content (AvgIpc) is 3.10. The first kappa shape index (κ1) is 14.7. The molecule has 0 aromatic carbocycles. The lowest BCUT2D eigenvalue weighted by molar-refractivity contribution is -0.164. The van der Waals surface area contributed by atoms with Crippen LogP contribution in [0, 0.1) is 0 Å². The summed E-state index contributed by atoms with van der Waals surface area (Å²) >= 11 is 0. The van der Waals surface area contributed by atoms with Gasteiger partial charge in [0.2, 0.25) is 0 Å². The van der Waals surface area contributed by atoms with Crippen molar-refractivity contribution in [2.75, 3.05) is 33.4 Å². The van der Waals surface area contributed by atoms with Gasteiger partial charge in [0.15, 0.2) is 5.79 Å². The summed E-state index contributed by atoms with van der Waals surface area (Å²) in [6, 6.07) is 0.414. The van der Waals surface area contributed by atoms with E-state index in [9.17, 15) is 0 Å². The van der Waals surface area contributed by atoms with Gasteiger partial charge in [-0.05, 0) is 25.7 Å². The zero-order chi connectivity index (χ0) is 14.0. The maximum Gasteiger partial charge on any atom is 0.168 e. The number of likely N-dealkylation sites (tertiary alicyclic amines) is 1. The van der Waals surface area contributed by atoms with E-state index in [0.29, 0.717) is 18.7 Å². The summed E-state index contributed by atoms with van der Waals surface area (Å²) in [5, 5.41) is 0. The van der Waals surface area contributed by atoms with Gasteiger partial charge in [-0.3, -0.25) is 4.90 Å². The Kier molecular flexibility index (Phi) is 4.62. The van der Waals surface area contributed by atoms with Crippen molar-refractivity contribution in [3.8, 4) is 0 Å². The monoisotopic (exact) mass is 284 g/mol. The molecule has 0 aromatic rings. The summed E-state index contributed by atoms with van der Waals surface area (Å²) in [6.45, 7) is 3.42. The molecular formula is C15H28N2O3. The third kappa shape index (κ3) is 3.02. The third-order valence-corrected chi connectivity index (χ3v) is 5.11. The minimum atomic E-state index is -0.242. The first-order valence-corrected chi connectivity index (χ1v) is 8.03. The standard InChI is InChI=1S/C15H28N2O3/c1-18-13-4-7-17(12(8-13)9-16)10-14-11-19-15(20-14)5-2-3-6-15/h12-14H,2-11,16H2,1H3. The van der Waals surface area contributed by atoms with Gasteiger partial charge in [0.05, 0.1) is 18.8 Å². The predicted octanol–water partition coefficient (Wildman–Crippen LogP) is 1.11. The zero-order valence-corrected chi connectivity index (χ0v) is 12.6. The SMILES string of the molecule is COC1CCN(CC2COC3(CCCC3)O2)C(CN)C1. The van der Waals surface area contributed by atoms with Gasteiger partial charge in [0, 0.05) is 45.6 Å². The van der Waals surface area contributed by atoms with Gasteiger partial charge in [0.1, 0.15) is 0 Å². The van der Waals surface area contributed by atoms with Crippen molar-refractivity contribution in [2.45, 2.75) is 62.6 Å². The minimum Gasteiger partial charge on any atom is -0.381 e. The van der Waals surface area contributed by atoms with Gasteiger partial charge < -0.3 is 19.9 Å². The first-order chi connectivity index (χ1) is 9.74. The fourth-order valence-electron chi connectivity index (χ4n) is 3.91. The van der Waals surface area contributed by atoms with Crippen molar-refractivity contribution < 1.29 is 14.2 Å². The van der Waals surface area contributed by atoms with Crippen LogP contribution in [0.5, 0.6) is 0 Å². The summed E-state index contributed by atoms with van der Waals surface area (Å²) in [5.74, 6) is -0.242. The van der Waals surface area contributed by atoms with Gasteiger partial charge in [0.25, 0.3) is 0 Å². The van der Waals surface area contributed by atoms with Crippen molar-refractivity contribution in [1.82, 2.24) is 4.90 Å². The number of methoxy groups -OCH3 is 1. The topological polar surface area (TPSA) is 57.0 Å². The third-order valence-electron chi connectivity index (χ3n) is 5.11. The number of ether oxygens (including phenoxy) is 3. The zero-order valence-electron chi connectivity index (χ0n) is 12.6. The van der Waals surface area contributed by atoms with Gasteiger partial charge in [-0.15, -0.1) is 0 Å². The summed E-state index contributed by atoms with van der Waals surface area (Å²) in [5.41, 5.74) is 5.93. The minimum absolute atomic E-state index is 0.209. The Labute approximate surface area is 121 Å². The molecule has 0 amide bonds. The van der Waals surface area contributed by atoms with E-state index in [-0.39, 0.29) is 11.9 Å². The van der Waals surface area contributed by atoms with Crippen molar-refractivity contribution in [3.05, 3.63) is 0 Å². The van der Waals surface area contributed by atoms with Crippen LogP contribution < -0.4 is 5.73 Å². The number of rotatable bonds is 4. The number of hydrogen-bond donors (Lipinski definition) is 1. The highest BCUT2D eigenvalue weighted by atomic mass is 16.7. The van der Waals surface area contributed by atoms with Crippen LogP contribution in [0.4, 0.5) is 0 Å². The molecule has 2 aliphatic heterocycles. The molecule has 20 heavy (non-hydrogen) atoms. The molecule has 3 aliphatic rings. The number of nitrogens with zero attached hydrogens (tertiary/aromatic N) is 1. The quantitative estimate of drug-likeness (QED) is 0.838. The van der Waals surface area contributed by atoms with Crippen LogP contribution in [-0.4, -0.2) is 62.3 Å². The van der Waals surface area contributed by atoms with Crippen LogP contribution in [0.15, 0.2) is 0 Å². The molecule has 5 heteroatoms. The molecule has 2 saturated heterocycles. The predicted molar refractivity (Wildman–Crippen MR) is 76.5 cm³/mol. The van der Waals surface area contributed by atoms with Gasteiger partial charge in [-0.1, -0.05) is 0 Å². The van der Waals surface area contributed by atoms with E-state index in [0.717, 1.165) is 45.4 Å². The second kappa shape index (κ2) is 6.28. The second-order valence-corrected chi connectivity index (χ2v) is 6.44. The molecule has 5 nitrogen and oxygen atoms in total.